The molecular weight excluding hydrogens is 286 g/mol. The van der Waals surface area contributed by atoms with E-state index < -0.39 is 10.0 Å². The number of furan rings is 1. The fourth-order valence-electron chi connectivity index (χ4n) is 2.70. The van der Waals surface area contributed by atoms with Gasteiger partial charge in [0.15, 0.2) is 0 Å². The average molecular weight is 306 g/mol. The first-order valence-electron chi connectivity index (χ1n) is 6.53. The molecule has 19 heavy (non-hydrogen) atoms. The molecule has 1 aromatic rings. The molecular formula is C13H20ClNO3S. The van der Waals surface area contributed by atoms with Crippen molar-refractivity contribution in [2.24, 2.45) is 5.92 Å². The Morgan fingerprint density at radius 2 is 2.05 bits per heavy atom. The highest BCUT2D eigenvalue weighted by Gasteiger charge is 2.34. The first-order valence-corrected chi connectivity index (χ1v) is 8.50. The summed E-state index contributed by atoms with van der Waals surface area (Å²) in [7, 11) is -3.49. The number of alkyl halides is 1. The maximum atomic E-state index is 12.8. The molecule has 108 valence electrons. The summed E-state index contributed by atoms with van der Waals surface area (Å²) in [5, 5.41) is 0. The Kier molecular flexibility index (Phi) is 4.28. The summed E-state index contributed by atoms with van der Waals surface area (Å²) in [5.41, 5.74) is 0.595. The molecule has 4 nitrogen and oxygen atoms in total. The standard InChI is InChI=1S/C13H20ClNO3S/c1-9-5-4-6-15(8-9)19(16,17)13-11(3)18-10(2)12(13)7-14/h9H,4-8H2,1-3H3. The van der Waals surface area contributed by atoms with Crippen LogP contribution < -0.4 is 0 Å². The number of piperidine rings is 1. The van der Waals surface area contributed by atoms with Crippen molar-refractivity contribution in [3.8, 4) is 0 Å². The highest BCUT2D eigenvalue weighted by Crippen LogP contribution is 2.32. The van der Waals surface area contributed by atoms with Crippen LogP contribution in [0.15, 0.2) is 9.31 Å². The smallest absolute Gasteiger partial charge is 0.246 e. The minimum Gasteiger partial charge on any atom is -0.465 e. The van der Waals surface area contributed by atoms with Crippen LogP contribution in [0.4, 0.5) is 0 Å². The third kappa shape index (κ3) is 2.69. The van der Waals surface area contributed by atoms with Crippen LogP contribution in [0.3, 0.4) is 0 Å². The highest BCUT2D eigenvalue weighted by atomic mass is 35.5. The van der Waals surface area contributed by atoms with Gasteiger partial charge in [0.25, 0.3) is 0 Å². The van der Waals surface area contributed by atoms with Gasteiger partial charge in [-0.25, -0.2) is 8.42 Å². The summed E-state index contributed by atoms with van der Waals surface area (Å²) in [6.07, 6.45) is 1.99. The van der Waals surface area contributed by atoms with E-state index in [1.165, 1.54) is 0 Å². The molecule has 1 atom stereocenters. The maximum absolute atomic E-state index is 12.8. The van der Waals surface area contributed by atoms with Gasteiger partial charge in [-0.2, -0.15) is 4.31 Å². The highest BCUT2D eigenvalue weighted by molar-refractivity contribution is 7.89. The van der Waals surface area contributed by atoms with Crippen LogP contribution in [0.2, 0.25) is 0 Å². The van der Waals surface area contributed by atoms with Crippen LogP contribution in [0.5, 0.6) is 0 Å². The van der Waals surface area contributed by atoms with Crippen molar-refractivity contribution < 1.29 is 12.8 Å². The number of rotatable bonds is 3. The lowest BCUT2D eigenvalue weighted by molar-refractivity contribution is 0.281. The van der Waals surface area contributed by atoms with Gasteiger partial charge >= 0.3 is 0 Å². The third-order valence-electron chi connectivity index (χ3n) is 3.68. The summed E-state index contributed by atoms with van der Waals surface area (Å²) < 4.78 is 32.5. The van der Waals surface area contributed by atoms with Crippen LogP contribution in [0, 0.1) is 19.8 Å². The number of halogens is 1. The molecule has 1 unspecified atom stereocenters. The molecule has 1 aliphatic heterocycles. The van der Waals surface area contributed by atoms with Crippen LogP contribution in [0.1, 0.15) is 36.8 Å². The monoisotopic (exact) mass is 305 g/mol. The molecule has 0 N–H and O–H groups in total. The molecule has 2 heterocycles. The topological polar surface area (TPSA) is 50.5 Å². The lowest BCUT2D eigenvalue weighted by atomic mass is 10.0. The Balaban J connectivity index is 2.44. The van der Waals surface area contributed by atoms with Gasteiger partial charge in [-0.05, 0) is 32.6 Å². The van der Waals surface area contributed by atoms with E-state index in [-0.39, 0.29) is 10.8 Å². The van der Waals surface area contributed by atoms with Gasteiger partial charge in [-0.1, -0.05) is 6.92 Å². The van der Waals surface area contributed by atoms with Gasteiger partial charge in [-0.3, -0.25) is 0 Å². The van der Waals surface area contributed by atoms with Crippen molar-refractivity contribution >= 4 is 21.6 Å². The van der Waals surface area contributed by atoms with E-state index in [0.29, 0.717) is 36.1 Å². The van der Waals surface area contributed by atoms with E-state index in [1.54, 1.807) is 18.2 Å². The molecule has 0 bridgehead atoms. The summed E-state index contributed by atoms with van der Waals surface area (Å²) in [6.45, 7) is 6.68. The largest absolute Gasteiger partial charge is 0.465 e. The zero-order valence-corrected chi connectivity index (χ0v) is 13.1. The Morgan fingerprint density at radius 3 is 2.63 bits per heavy atom. The second-order valence-corrected chi connectivity index (χ2v) is 7.41. The normalized spacial score (nSPS) is 21.8. The zero-order valence-electron chi connectivity index (χ0n) is 11.6. The number of aryl methyl sites for hydroxylation is 2. The average Bonchev–Trinajstić information content (AvgIpc) is 2.64. The summed E-state index contributed by atoms with van der Waals surface area (Å²) in [4.78, 5) is 0.272. The number of hydrogen-bond donors (Lipinski definition) is 0. The lowest BCUT2D eigenvalue weighted by Crippen LogP contribution is -2.39. The van der Waals surface area contributed by atoms with Gasteiger partial charge in [0.1, 0.15) is 16.4 Å². The minimum atomic E-state index is -3.49. The van der Waals surface area contributed by atoms with E-state index >= 15 is 0 Å². The van der Waals surface area contributed by atoms with E-state index in [2.05, 4.69) is 6.92 Å². The number of nitrogens with zero attached hydrogens (tertiary/aromatic N) is 1. The number of hydrogen-bond acceptors (Lipinski definition) is 3. The van der Waals surface area contributed by atoms with Gasteiger partial charge in [0.2, 0.25) is 10.0 Å². The first kappa shape index (κ1) is 14.9. The molecule has 0 saturated carbocycles. The molecule has 0 radical (unpaired) electrons. The quantitative estimate of drug-likeness (QED) is 0.806. The van der Waals surface area contributed by atoms with Crippen LogP contribution in [-0.4, -0.2) is 25.8 Å². The fraction of sp³-hybridized carbons (Fsp3) is 0.692. The molecule has 0 aliphatic carbocycles. The Morgan fingerprint density at radius 1 is 1.37 bits per heavy atom. The SMILES string of the molecule is Cc1oc(C)c(S(=O)(=O)N2CCCC(C)C2)c1CCl. The third-order valence-corrected chi connectivity index (χ3v) is 6.00. The van der Waals surface area contributed by atoms with Crippen molar-refractivity contribution in [2.45, 2.75) is 44.4 Å². The van der Waals surface area contributed by atoms with Gasteiger partial charge in [0.05, 0.1) is 5.88 Å². The van der Waals surface area contributed by atoms with Crippen LogP contribution >= 0.6 is 11.6 Å². The van der Waals surface area contributed by atoms with Crippen molar-refractivity contribution in [1.82, 2.24) is 4.31 Å². The molecule has 2 rings (SSSR count). The Labute approximate surface area is 119 Å². The summed E-state index contributed by atoms with van der Waals surface area (Å²) >= 11 is 5.88. The predicted molar refractivity (Wildman–Crippen MR) is 74.9 cm³/mol. The van der Waals surface area contributed by atoms with E-state index in [1.807, 2.05) is 0 Å². The summed E-state index contributed by atoms with van der Waals surface area (Å²) in [5.74, 6) is 1.58. The summed E-state index contributed by atoms with van der Waals surface area (Å²) in [6, 6.07) is 0. The first-order chi connectivity index (χ1) is 8.87. The molecule has 1 fully saturated rings. The minimum absolute atomic E-state index is 0.154. The molecule has 1 aliphatic rings. The Bertz CT molecular complexity index is 565. The van der Waals surface area contributed by atoms with E-state index in [0.717, 1.165) is 12.8 Å². The maximum Gasteiger partial charge on any atom is 0.246 e. The van der Waals surface area contributed by atoms with Crippen molar-refractivity contribution in [3.63, 3.8) is 0 Å². The van der Waals surface area contributed by atoms with Crippen molar-refractivity contribution in [3.05, 3.63) is 17.1 Å². The second-order valence-electron chi connectivity index (χ2n) is 5.27. The molecule has 0 spiro atoms. The second kappa shape index (κ2) is 5.46. The van der Waals surface area contributed by atoms with Crippen molar-refractivity contribution in [2.75, 3.05) is 13.1 Å². The molecule has 6 heteroatoms. The van der Waals surface area contributed by atoms with Gasteiger partial charge < -0.3 is 4.42 Å². The molecule has 0 amide bonds. The molecule has 1 saturated heterocycles. The number of sulfonamides is 1. The van der Waals surface area contributed by atoms with Gasteiger partial charge in [-0.15, -0.1) is 11.6 Å². The van der Waals surface area contributed by atoms with Crippen molar-refractivity contribution in [1.29, 1.82) is 0 Å². The van der Waals surface area contributed by atoms with Crippen LogP contribution in [0.25, 0.3) is 0 Å². The van der Waals surface area contributed by atoms with E-state index in [4.69, 9.17) is 16.0 Å². The predicted octanol–water partition coefficient (Wildman–Crippen LogP) is 3.06. The molecule has 1 aromatic heterocycles. The van der Waals surface area contributed by atoms with E-state index in [9.17, 15) is 8.42 Å². The van der Waals surface area contributed by atoms with Crippen LogP contribution in [-0.2, 0) is 15.9 Å². The fourth-order valence-corrected chi connectivity index (χ4v) is 5.11. The molecule has 0 aromatic carbocycles. The lowest BCUT2D eigenvalue weighted by Gasteiger charge is -2.30. The Hall–Kier alpha value is -0.520. The zero-order chi connectivity index (χ0) is 14.2. The van der Waals surface area contributed by atoms with Gasteiger partial charge in [0, 0.05) is 18.7 Å².